The monoisotopic (exact) mass is 306 g/mol. The summed E-state index contributed by atoms with van der Waals surface area (Å²) in [5, 5.41) is 2.83. The molecular formula is C17H26N2O3. The number of carbonyl (C=O) groups is 1. The molecule has 2 atom stereocenters. The van der Waals surface area contributed by atoms with Gasteiger partial charge in [0, 0.05) is 17.6 Å². The SMILES string of the molecule is COc1ccc(NC(=O)OC(C)(C)C)c([C@H]2[C@H](N)C2(C)C)c1. The first-order chi connectivity index (χ1) is 10.1. The van der Waals surface area contributed by atoms with Crippen LogP contribution in [-0.2, 0) is 4.74 Å². The molecule has 3 N–H and O–H groups in total. The summed E-state index contributed by atoms with van der Waals surface area (Å²) in [6.45, 7) is 9.75. The molecule has 0 radical (unpaired) electrons. The van der Waals surface area contributed by atoms with Gasteiger partial charge in [-0.3, -0.25) is 5.32 Å². The number of hydrogen-bond donors (Lipinski definition) is 2. The van der Waals surface area contributed by atoms with Crippen LogP contribution in [0.25, 0.3) is 0 Å². The zero-order valence-corrected chi connectivity index (χ0v) is 14.2. The quantitative estimate of drug-likeness (QED) is 0.896. The second kappa shape index (κ2) is 5.47. The van der Waals surface area contributed by atoms with Gasteiger partial charge in [0.1, 0.15) is 11.4 Å². The molecule has 0 aliphatic heterocycles. The number of hydrogen-bond acceptors (Lipinski definition) is 4. The predicted octanol–water partition coefficient (Wildman–Crippen LogP) is 3.49. The van der Waals surface area contributed by atoms with Crippen LogP contribution in [0.4, 0.5) is 10.5 Å². The molecule has 0 unspecified atom stereocenters. The van der Waals surface area contributed by atoms with E-state index in [4.69, 9.17) is 15.2 Å². The zero-order chi connectivity index (χ0) is 16.7. The number of methoxy groups -OCH3 is 1. The third-order valence-electron chi connectivity index (χ3n) is 4.14. The molecule has 1 fully saturated rings. The lowest BCUT2D eigenvalue weighted by atomic mass is 10.0. The van der Waals surface area contributed by atoms with E-state index in [1.807, 2.05) is 39.0 Å². The van der Waals surface area contributed by atoms with Gasteiger partial charge in [0.25, 0.3) is 0 Å². The highest BCUT2D eigenvalue weighted by atomic mass is 16.6. The summed E-state index contributed by atoms with van der Waals surface area (Å²) in [4.78, 5) is 12.0. The van der Waals surface area contributed by atoms with Crippen LogP contribution in [0.15, 0.2) is 18.2 Å². The molecule has 1 amide bonds. The number of nitrogens with one attached hydrogen (secondary N) is 1. The summed E-state index contributed by atoms with van der Waals surface area (Å²) in [6.07, 6.45) is -0.467. The van der Waals surface area contributed by atoms with Crippen LogP contribution in [0, 0.1) is 5.41 Å². The third-order valence-corrected chi connectivity index (χ3v) is 4.14. The molecule has 1 aromatic carbocycles. The lowest BCUT2D eigenvalue weighted by Gasteiger charge is -2.21. The highest BCUT2D eigenvalue weighted by Crippen LogP contribution is 2.59. The Kier molecular flexibility index (Phi) is 4.13. The Morgan fingerprint density at radius 1 is 1.32 bits per heavy atom. The van der Waals surface area contributed by atoms with Gasteiger partial charge in [-0.25, -0.2) is 4.79 Å². The van der Waals surface area contributed by atoms with E-state index in [2.05, 4.69) is 19.2 Å². The normalized spacial score (nSPS) is 22.9. The van der Waals surface area contributed by atoms with E-state index in [9.17, 15) is 4.79 Å². The molecule has 1 saturated carbocycles. The smallest absolute Gasteiger partial charge is 0.412 e. The van der Waals surface area contributed by atoms with E-state index in [1.165, 1.54) is 0 Å². The Hall–Kier alpha value is -1.75. The maximum absolute atomic E-state index is 12.0. The van der Waals surface area contributed by atoms with Crippen molar-refractivity contribution in [3.63, 3.8) is 0 Å². The van der Waals surface area contributed by atoms with Crippen LogP contribution < -0.4 is 15.8 Å². The van der Waals surface area contributed by atoms with E-state index >= 15 is 0 Å². The molecule has 1 aromatic rings. The standard InChI is InChI=1S/C17H26N2O3/c1-16(2,3)22-15(20)19-12-8-7-10(21-6)9-11(12)13-14(18)17(13,4)5/h7-9,13-14H,18H2,1-6H3,(H,19,20)/t13-,14-/m0/s1. The average Bonchev–Trinajstić information content (AvgIpc) is 2.86. The number of amides is 1. The minimum absolute atomic E-state index is 0.0106. The summed E-state index contributed by atoms with van der Waals surface area (Å²) in [5.41, 5.74) is 7.37. The maximum Gasteiger partial charge on any atom is 0.412 e. The van der Waals surface area contributed by atoms with Gasteiger partial charge in [0.15, 0.2) is 0 Å². The average molecular weight is 306 g/mol. The van der Waals surface area contributed by atoms with E-state index in [0.29, 0.717) is 0 Å². The van der Waals surface area contributed by atoms with Crippen molar-refractivity contribution in [3.8, 4) is 5.75 Å². The van der Waals surface area contributed by atoms with Crippen molar-refractivity contribution in [2.24, 2.45) is 11.1 Å². The second-order valence-corrected chi connectivity index (χ2v) is 7.40. The number of carbonyl (C=O) groups excluding carboxylic acids is 1. The van der Waals surface area contributed by atoms with Crippen molar-refractivity contribution in [1.82, 2.24) is 0 Å². The first kappa shape index (κ1) is 16.6. The van der Waals surface area contributed by atoms with Gasteiger partial charge in [-0.15, -0.1) is 0 Å². The zero-order valence-electron chi connectivity index (χ0n) is 14.2. The van der Waals surface area contributed by atoms with Crippen molar-refractivity contribution in [3.05, 3.63) is 23.8 Å². The van der Waals surface area contributed by atoms with Crippen LogP contribution in [0.1, 0.15) is 46.1 Å². The number of nitrogens with two attached hydrogens (primary N) is 1. The summed E-state index contributed by atoms with van der Waals surface area (Å²) in [6, 6.07) is 5.65. The fourth-order valence-electron chi connectivity index (χ4n) is 2.72. The van der Waals surface area contributed by atoms with E-state index in [-0.39, 0.29) is 17.4 Å². The lowest BCUT2D eigenvalue weighted by Crippen LogP contribution is -2.27. The number of ether oxygens (including phenoxy) is 2. The second-order valence-electron chi connectivity index (χ2n) is 7.40. The Morgan fingerprint density at radius 3 is 2.36 bits per heavy atom. The molecule has 0 heterocycles. The highest BCUT2D eigenvalue weighted by Gasteiger charge is 2.57. The van der Waals surface area contributed by atoms with Gasteiger partial charge >= 0.3 is 6.09 Å². The van der Waals surface area contributed by atoms with Crippen LogP contribution in [0.5, 0.6) is 5.75 Å². The minimum Gasteiger partial charge on any atom is -0.497 e. The third kappa shape index (κ3) is 3.35. The first-order valence-corrected chi connectivity index (χ1v) is 7.50. The van der Waals surface area contributed by atoms with Crippen molar-refractivity contribution < 1.29 is 14.3 Å². The van der Waals surface area contributed by atoms with Crippen LogP contribution in [-0.4, -0.2) is 24.8 Å². The summed E-state index contributed by atoms with van der Waals surface area (Å²) in [5.74, 6) is 0.937. The molecule has 5 nitrogen and oxygen atoms in total. The Balaban J connectivity index is 2.26. The molecule has 0 saturated heterocycles. The molecule has 0 bridgehead atoms. The molecule has 1 aliphatic rings. The molecule has 2 rings (SSSR count). The maximum atomic E-state index is 12.0. The van der Waals surface area contributed by atoms with Gasteiger partial charge in [-0.1, -0.05) is 13.8 Å². The molecule has 122 valence electrons. The predicted molar refractivity (Wildman–Crippen MR) is 87.3 cm³/mol. The Morgan fingerprint density at radius 2 is 1.91 bits per heavy atom. The largest absolute Gasteiger partial charge is 0.497 e. The molecular weight excluding hydrogens is 280 g/mol. The highest BCUT2D eigenvalue weighted by molar-refractivity contribution is 5.86. The minimum atomic E-state index is -0.536. The molecule has 0 spiro atoms. The van der Waals surface area contributed by atoms with E-state index < -0.39 is 11.7 Å². The van der Waals surface area contributed by atoms with Crippen molar-refractivity contribution in [1.29, 1.82) is 0 Å². The van der Waals surface area contributed by atoms with Crippen molar-refractivity contribution in [2.45, 2.75) is 52.2 Å². The Labute approximate surface area is 132 Å². The van der Waals surface area contributed by atoms with Gasteiger partial charge in [0.05, 0.1) is 7.11 Å². The molecule has 5 heteroatoms. The van der Waals surface area contributed by atoms with Crippen LogP contribution in [0.2, 0.25) is 0 Å². The van der Waals surface area contributed by atoms with E-state index in [1.54, 1.807) is 7.11 Å². The molecule has 22 heavy (non-hydrogen) atoms. The number of benzene rings is 1. The molecule has 0 aromatic heterocycles. The first-order valence-electron chi connectivity index (χ1n) is 7.50. The summed E-state index contributed by atoms with van der Waals surface area (Å²) in [7, 11) is 1.62. The van der Waals surface area contributed by atoms with Crippen molar-refractivity contribution in [2.75, 3.05) is 12.4 Å². The number of anilines is 1. The van der Waals surface area contributed by atoms with Gasteiger partial charge in [0.2, 0.25) is 0 Å². The lowest BCUT2D eigenvalue weighted by molar-refractivity contribution is 0.0635. The Bertz CT molecular complexity index is 576. The van der Waals surface area contributed by atoms with Gasteiger partial charge in [-0.2, -0.15) is 0 Å². The van der Waals surface area contributed by atoms with Crippen LogP contribution >= 0.6 is 0 Å². The van der Waals surface area contributed by atoms with Crippen LogP contribution in [0.3, 0.4) is 0 Å². The number of rotatable bonds is 3. The molecule has 1 aliphatic carbocycles. The van der Waals surface area contributed by atoms with Crippen molar-refractivity contribution >= 4 is 11.8 Å². The van der Waals surface area contributed by atoms with E-state index in [0.717, 1.165) is 17.0 Å². The summed E-state index contributed by atoms with van der Waals surface area (Å²) >= 11 is 0. The van der Waals surface area contributed by atoms with Gasteiger partial charge in [-0.05, 0) is 49.9 Å². The summed E-state index contributed by atoms with van der Waals surface area (Å²) < 4.78 is 10.6. The fourth-order valence-corrected chi connectivity index (χ4v) is 2.72. The van der Waals surface area contributed by atoms with Gasteiger partial charge < -0.3 is 15.2 Å². The topological polar surface area (TPSA) is 73.6 Å². The fraction of sp³-hybridized carbons (Fsp3) is 0.588.